The van der Waals surface area contributed by atoms with Gasteiger partial charge in [0.25, 0.3) is 0 Å². The molecule has 0 bridgehead atoms. The van der Waals surface area contributed by atoms with Crippen LogP contribution in [0, 0.1) is 0 Å². The molecule has 0 radical (unpaired) electrons. The van der Waals surface area contributed by atoms with E-state index in [9.17, 15) is 9.59 Å². The van der Waals surface area contributed by atoms with Crippen molar-refractivity contribution in [2.75, 3.05) is 5.32 Å². The number of amides is 1. The maximum atomic E-state index is 10.7. The first-order chi connectivity index (χ1) is 7.49. The van der Waals surface area contributed by atoms with Crippen molar-refractivity contribution in [3.05, 3.63) is 29.8 Å². The van der Waals surface area contributed by atoms with Gasteiger partial charge in [-0.15, -0.1) is 0 Å². The molecule has 0 aliphatic heterocycles. The van der Waals surface area contributed by atoms with Gasteiger partial charge in [-0.1, -0.05) is 6.07 Å². The van der Waals surface area contributed by atoms with Gasteiger partial charge in [-0.3, -0.25) is 4.79 Å². The Morgan fingerprint density at radius 3 is 2.62 bits per heavy atom. The first-order valence-electron chi connectivity index (χ1n) is 4.41. The smallest absolute Gasteiger partial charge is 0.335 e. The van der Waals surface area contributed by atoms with Crippen molar-refractivity contribution in [1.29, 1.82) is 0 Å². The molecule has 6 heteroatoms. The number of hydrogen-bond donors (Lipinski definition) is 3. The molecule has 0 aliphatic carbocycles. The molecule has 1 rings (SSSR count). The van der Waals surface area contributed by atoms with E-state index >= 15 is 0 Å². The normalized spacial score (nSPS) is 9.31. The van der Waals surface area contributed by atoms with Crippen molar-refractivity contribution in [2.24, 2.45) is 0 Å². The minimum atomic E-state index is -1.02. The molecule has 1 aromatic rings. The van der Waals surface area contributed by atoms with E-state index in [0.29, 0.717) is 5.69 Å². The average Bonchev–Trinajstić information content (AvgIpc) is 2.16. The SMILES string of the molecule is CC(=O)NC(=S)Nc1cccc(C(=O)O)c1. The molecule has 0 aliphatic rings. The molecule has 0 aromatic heterocycles. The van der Waals surface area contributed by atoms with Crippen LogP contribution in [0.1, 0.15) is 17.3 Å². The second kappa shape index (κ2) is 5.22. The summed E-state index contributed by atoms with van der Waals surface area (Å²) < 4.78 is 0. The number of benzene rings is 1. The molecule has 0 unspecified atom stereocenters. The maximum Gasteiger partial charge on any atom is 0.335 e. The van der Waals surface area contributed by atoms with Gasteiger partial charge in [-0.25, -0.2) is 4.79 Å². The number of hydrogen-bond acceptors (Lipinski definition) is 3. The Kier molecular flexibility index (Phi) is 3.96. The van der Waals surface area contributed by atoms with Crippen LogP contribution >= 0.6 is 12.2 Å². The van der Waals surface area contributed by atoms with Gasteiger partial charge in [0.15, 0.2) is 5.11 Å². The lowest BCUT2D eigenvalue weighted by molar-refractivity contribution is -0.117. The summed E-state index contributed by atoms with van der Waals surface area (Å²) in [6.45, 7) is 1.33. The quantitative estimate of drug-likeness (QED) is 0.675. The maximum absolute atomic E-state index is 10.7. The van der Waals surface area contributed by atoms with Crippen molar-refractivity contribution in [3.8, 4) is 0 Å². The van der Waals surface area contributed by atoms with Gasteiger partial charge in [0.2, 0.25) is 5.91 Å². The predicted octanol–water partition coefficient (Wildman–Crippen LogP) is 1.22. The molecule has 16 heavy (non-hydrogen) atoms. The first kappa shape index (κ1) is 12.1. The molecule has 0 heterocycles. The number of carboxylic acid groups (broad SMARTS) is 1. The zero-order valence-corrected chi connectivity index (χ0v) is 9.30. The summed E-state index contributed by atoms with van der Waals surface area (Å²) >= 11 is 4.83. The Labute approximate surface area is 97.5 Å². The third-order valence-corrected chi connectivity index (χ3v) is 1.86. The molecule has 0 saturated carbocycles. The zero-order valence-electron chi connectivity index (χ0n) is 8.48. The summed E-state index contributed by atoms with van der Waals surface area (Å²) in [5, 5.41) is 14.0. The van der Waals surface area contributed by atoms with E-state index in [2.05, 4.69) is 10.6 Å². The van der Waals surface area contributed by atoms with Gasteiger partial charge in [-0.2, -0.15) is 0 Å². The molecule has 1 amide bonds. The topological polar surface area (TPSA) is 78.4 Å². The summed E-state index contributed by atoms with van der Waals surface area (Å²) in [6.07, 6.45) is 0. The standard InChI is InChI=1S/C10H10N2O3S/c1-6(13)11-10(16)12-8-4-2-3-7(5-8)9(14)15/h2-5H,1H3,(H,14,15)(H2,11,12,13,16). The van der Waals surface area contributed by atoms with Gasteiger partial charge in [0.05, 0.1) is 5.56 Å². The largest absolute Gasteiger partial charge is 0.478 e. The van der Waals surface area contributed by atoms with E-state index in [1.807, 2.05) is 0 Å². The van der Waals surface area contributed by atoms with E-state index in [1.165, 1.54) is 19.1 Å². The molecule has 0 fully saturated rings. The fourth-order valence-corrected chi connectivity index (χ4v) is 1.31. The van der Waals surface area contributed by atoms with Crippen LogP contribution in [0.15, 0.2) is 24.3 Å². The zero-order chi connectivity index (χ0) is 12.1. The highest BCUT2D eigenvalue weighted by atomic mass is 32.1. The van der Waals surface area contributed by atoms with Crippen LogP contribution in [0.5, 0.6) is 0 Å². The summed E-state index contributed by atoms with van der Waals surface area (Å²) in [5.41, 5.74) is 0.661. The van der Waals surface area contributed by atoms with Crippen LogP contribution in [-0.2, 0) is 4.79 Å². The number of aromatic carboxylic acids is 1. The molecule has 0 saturated heterocycles. The van der Waals surface area contributed by atoms with E-state index in [-0.39, 0.29) is 16.6 Å². The highest BCUT2D eigenvalue weighted by Crippen LogP contribution is 2.10. The fraction of sp³-hybridized carbons (Fsp3) is 0.100. The first-order valence-corrected chi connectivity index (χ1v) is 4.82. The minimum absolute atomic E-state index is 0.134. The van der Waals surface area contributed by atoms with Crippen LogP contribution in [-0.4, -0.2) is 22.1 Å². The Hall–Kier alpha value is -1.95. The monoisotopic (exact) mass is 238 g/mol. The van der Waals surface area contributed by atoms with Gasteiger partial charge in [0, 0.05) is 12.6 Å². The van der Waals surface area contributed by atoms with E-state index < -0.39 is 5.97 Å². The van der Waals surface area contributed by atoms with Gasteiger partial charge >= 0.3 is 5.97 Å². The summed E-state index contributed by atoms with van der Waals surface area (Å²) in [6, 6.07) is 6.13. The number of nitrogens with one attached hydrogen (secondary N) is 2. The lowest BCUT2D eigenvalue weighted by Gasteiger charge is -2.08. The molecule has 84 valence electrons. The highest BCUT2D eigenvalue weighted by Gasteiger charge is 2.04. The average molecular weight is 238 g/mol. The Bertz CT molecular complexity index is 445. The van der Waals surface area contributed by atoms with E-state index in [1.54, 1.807) is 12.1 Å². The lowest BCUT2D eigenvalue weighted by Crippen LogP contribution is -2.32. The van der Waals surface area contributed by atoms with Crippen molar-refractivity contribution < 1.29 is 14.7 Å². The summed E-state index contributed by atoms with van der Waals surface area (Å²) in [5.74, 6) is -1.30. The summed E-state index contributed by atoms with van der Waals surface area (Å²) in [7, 11) is 0. The van der Waals surface area contributed by atoms with Crippen LogP contribution in [0.25, 0.3) is 0 Å². The molecule has 3 N–H and O–H groups in total. The number of carbonyl (C=O) groups excluding carboxylic acids is 1. The molecule has 0 spiro atoms. The fourth-order valence-electron chi connectivity index (χ4n) is 1.05. The minimum Gasteiger partial charge on any atom is -0.478 e. The Balaban J connectivity index is 2.74. The lowest BCUT2D eigenvalue weighted by atomic mass is 10.2. The van der Waals surface area contributed by atoms with Crippen LogP contribution in [0.3, 0.4) is 0 Å². The summed E-state index contributed by atoms with van der Waals surface area (Å²) in [4.78, 5) is 21.4. The second-order valence-corrected chi connectivity index (χ2v) is 3.43. The van der Waals surface area contributed by atoms with Crippen LogP contribution < -0.4 is 10.6 Å². The van der Waals surface area contributed by atoms with Crippen molar-refractivity contribution in [1.82, 2.24) is 5.32 Å². The Morgan fingerprint density at radius 2 is 2.06 bits per heavy atom. The van der Waals surface area contributed by atoms with Crippen molar-refractivity contribution >= 4 is 34.9 Å². The number of rotatable bonds is 2. The van der Waals surface area contributed by atoms with Gasteiger partial charge < -0.3 is 15.7 Å². The molecule has 0 atom stereocenters. The number of carbonyl (C=O) groups is 2. The third-order valence-electron chi connectivity index (χ3n) is 1.66. The Morgan fingerprint density at radius 1 is 1.38 bits per heavy atom. The van der Waals surface area contributed by atoms with Gasteiger partial charge in [-0.05, 0) is 30.4 Å². The number of anilines is 1. The van der Waals surface area contributed by atoms with Crippen molar-refractivity contribution in [3.63, 3.8) is 0 Å². The van der Waals surface area contributed by atoms with Gasteiger partial charge in [0.1, 0.15) is 0 Å². The van der Waals surface area contributed by atoms with Crippen LogP contribution in [0.4, 0.5) is 5.69 Å². The van der Waals surface area contributed by atoms with E-state index in [0.717, 1.165) is 0 Å². The molecular weight excluding hydrogens is 228 g/mol. The third kappa shape index (κ3) is 3.66. The molecule has 1 aromatic carbocycles. The number of thiocarbonyl (C=S) groups is 1. The molecule has 5 nitrogen and oxygen atoms in total. The highest BCUT2D eigenvalue weighted by molar-refractivity contribution is 7.80. The predicted molar refractivity (Wildman–Crippen MR) is 63.4 cm³/mol. The van der Waals surface area contributed by atoms with Crippen LogP contribution in [0.2, 0.25) is 0 Å². The number of carboxylic acids is 1. The molecular formula is C10H10N2O3S. The van der Waals surface area contributed by atoms with E-state index in [4.69, 9.17) is 17.3 Å². The second-order valence-electron chi connectivity index (χ2n) is 3.02. The van der Waals surface area contributed by atoms with Crippen molar-refractivity contribution in [2.45, 2.75) is 6.92 Å².